The molecule has 0 aliphatic carbocycles. The fraction of sp³-hybridized carbons (Fsp3) is 0.480. The van der Waals surface area contributed by atoms with Crippen molar-refractivity contribution in [1.29, 1.82) is 0 Å². The number of nitrogens with zero attached hydrogens (tertiary/aromatic N) is 1. The van der Waals surface area contributed by atoms with Gasteiger partial charge in [-0.25, -0.2) is 0 Å². The van der Waals surface area contributed by atoms with Crippen LogP contribution in [0.3, 0.4) is 0 Å². The standard InChI is InChI=1S/C25H28BrF3N2O2/c1-33-24(25(27,28)29,18-7-3-2-4-8-18)22(32)31-15-12-23(13-16-31)11-14-30-17-20(23)19-9-5-6-10-21(19)26/h2-10,20,30H,11-17H2,1H3/t20?,24-/m1/s1. The summed E-state index contributed by atoms with van der Waals surface area (Å²) >= 11 is 3.67. The lowest BCUT2D eigenvalue weighted by Crippen LogP contribution is -2.59. The highest BCUT2D eigenvalue weighted by Gasteiger charge is 2.64. The first-order chi connectivity index (χ1) is 15.7. The van der Waals surface area contributed by atoms with Gasteiger partial charge in [0.1, 0.15) is 0 Å². The number of alkyl halides is 3. The predicted octanol–water partition coefficient (Wildman–Crippen LogP) is 5.24. The minimum Gasteiger partial charge on any atom is -0.356 e. The summed E-state index contributed by atoms with van der Waals surface area (Å²) in [5.41, 5.74) is -2.06. The van der Waals surface area contributed by atoms with E-state index in [9.17, 15) is 18.0 Å². The number of carbonyl (C=O) groups is 1. The van der Waals surface area contributed by atoms with E-state index in [1.54, 1.807) is 6.07 Å². The van der Waals surface area contributed by atoms with Crippen LogP contribution in [0.25, 0.3) is 0 Å². The van der Waals surface area contributed by atoms with Crippen molar-refractivity contribution in [2.24, 2.45) is 5.41 Å². The second kappa shape index (κ2) is 9.39. The Morgan fingerprint density at radius 3 is 2.30 bits per heavy atom. The second-order valence-electron chi connectivity index (χ2n) is 8.93. The molecule has 178 valence electrons. The van der Waals surface area contributed by atoms with Gasteiger partial charge in [-0.15, -0.1) is 0 Å². The monoisotopic (exact) mass is 524 g/mol. The number of hydrogen-bond acceptors (Lipinski definition) is 3. The third-order valence-electron chi connectivity index (χ3n) is 7.40. The topological polar surface area (TPSA) is 41.6 Å². The van der Waals surface area contributed by atoms with E-state index < -0.39 is 17.7 Å². The SMILES string of the molecule is CO[C@@](C(=O)N1CCC2(CCNCC2c2ccccc2Br)CC1)(c1ccccc1)C(F)(F)F. The maximum Gasteiger partial charge on any atom is 0.430 e. The van der Waals surface area contributed by atoms with Crippen molar-refractivity contribution in [3.8, 4) is 0 Å². The Kier molecular flexibility index (Phi) is 6.90. The van der Waals surface area contributed by atoms with Gasteiger partial charge in [-0.05, 0) is 42.9 Å². The van der Waals surface area contributed by atoms with Crippen LogP contribution in [-0.2, 0) is 15.1 Å². The maximum atomic E-state index is 14.4. The van der Waals surface area contributed by atoms with Crippen LogP contribution < -0.4 is 5.32 Å². The molecule has 2 fully saturated rings. The molecule has 0 saturated carbocycles. The number of likely N-dealkylation sites (tertiary alicyclic amines) is 1. The van der Waals surface area contributed by atoms with Crippen LogP contribution in [0, 0.1) is 5.41 Å². The number of amides is 1. The van der Waals surface area contributed by atoms with E-state index in [2.05, 4.69) is 27.3 Å². The van der Waals surface area contributed by atoms with Gasteiger partial charge in [0.2, 0.25) is 0 Å². The van der Waals surface area contributed by atoms with E-state index in [0.717, 1.165) is 31.1 Å². The quantitative estimate of drug-likeness (QED) is 0.594. The molecule has 0 aromatic heterocycles. The van der Waals surface area contributed by atoms with Gasteiger partial charge in [-0.1, -0.05) is 64.5 Å². The molecule has 2 heterocycles. The predicted molar refractivity (Wildman–Crippen MR) is 124 cm³/mol. The van der Waals surface area contributed by atoms with E-state index in [1.165, 1.54) is 34.7 Å². The van der Waals surface area contributed by atoms with E-state index >= 15 is 0 Å². The van der Waals surface area contributed by atoms with Gasteiger partial charge < -0.3 is 15.0 Å². The molecule has 2 aliphatic rings. The summed E-state index contributed by atoms with van der Waals surface area (Å²) in [5, 5.41) is 3.47. The first-order valence-corrected chi connectivity index (χ1v) is 12.0. The lowest BCUT2D eigenvalue weighted by atomic mass is 9.62. The fourth-order valence-corrected chi connectivity index (χ4v) is 6.11. The lowest BCUT2D eigenvalue weighted by Gasteiger charge is -2.51. The van der Waals surface area contributed by atoms with Gasteiger partial charge in [-0.2, -0.15) is 13.2 Å². The van der Waals surface area contributed by atoms with Crippen molar-refractivity contribution < 1.29 is 22.7 Å². The smallest absolute Gasteiger partial charge is 0.356 e. The number of methoxy groups -OCH3 is 1. The zero-order valence-corrected chi connectivity index (χ0v) is 20.1. The molecule has 8 heteroatoms. The van der Waals surface area contributed by atoms with Crippen molar-refractivity contribution in [1.82, 2.24) is 10.2 Å². The number of carbonyl (C=O) groups excluding carboxylic acids is 1. The minimum atomic E-state index is -4.89. The molecular formula is C25H28BrF3N2O2. The van der Waals surface area contributed by atoms with Crippen molar-refractivity contribution >= 4 is 21.8 Å². The zero-order valence-electron chi connectivity index (χ0n) is 18.5. The van der Waals surface area contributed by atoms with Gasteiger partial charge in [0.15, 0.2) is 0 Å². The van der Waals surface area contributed by atoms with Crippen LogP contribution in [0.4, 0.5) is 13.2 Å². The number of hydrogen-bond donors (Lipinski definition) is 1. The van der Waals surface area contributed by atoms with Crippen molar-refractivity contribution in [2.45, 2.75) is 37.0 Å². The summed E-state index contributed by atoms with van der Waals surface area (Å²) in [5.74, 6) is -0.812. The maximum absolute atomic E-state index is 14.4. The number of piperidine rings is 2. The van der Waals surface area contributed by atoms with Gasteiger partial charge in [0.05, 0.1) is 0 Å². The summed E-state index contributed by atoms with van der Waals surface area (Å²) < 4.78 is 49.1. The number of benzene rings is 2. The van der Waals surface area contributed by atoms with Crippen molar-refractivity contribution in [3.05, 3.63) is 70.2 Å². The van der Waals surface area contributed by atoms with E-state index in [1.807, 2.05) is 18.2 Å². The Labute approximate surface area is 200 Å². The van der Waals surface area contributed by atoms with Crippen LogP contribution in [0.5, 0.6) is 0 Å². The highest BCUT2D eigenvalue weighted by Crippen LogP contribution is 2.51. The number of halogens is 4. The molecule has 0 bridgehead atoms. The first-order valence-electron chi connectivity index (χ1n) is 11.2. The van der Waals surface area contributed by atoms with Crippen LogP contribution in [0.15, 0.2) is 59.1 Å². The van der Waals surface area contributed by atoms with Crippen LogP contribution in [0.2, 0.25) is 0 Å². The normalized spacial score (nSPS) is 22.7. The molecule has 2 atom stereocenters. The van der Waals surface area contributed by atoms with E-state index in [0.29, 0.717) is 12.8 Å². The summed E-state index contributed by atoms with van der Waals surface area (Å²) in [7, 11) is 0.958. The summed E-state index contributed by atoms with van der Waals surface area (Å²) in [6, 6.07) is 15.3. The Morgan fingerprint density at radius 1 is 1.06 bits per heavy atom. The number of rotatable bonds is 4. The highest BCUT2D eigenvalue weighted by atomic mass is 79.9. The lowest BCUT2D eigenvalue weighted by molar-refractivity contribution is -0.271. The molecule has 4 rings (SSSR count). The first kappa shape index (κ1) is 24.2. The largest absolute Gasteiger partial charge is 0.430 e. The van der Waals surface area contributed by atoms with E-state index in [4.69, 9.17) is 4.74 Å². The molecule has 1 unspecified atom stereocenters. The number of nitrogens with one attached hydrogen (secondary N) is 1. The molecule has 2 aliphatic heterocycles. The molecule has 1 amide bonds. The summed E-state index contributed by atoms with van der Waals surface area (Å²) in [6.07, 6.45) is -2.66. The molecule has 2 aromatic rings. The van der Waals surface area contributed by atoms with Gasteiger partial charge >= 0.3 is 6.18 Å². The molecule has 1 spiro atoms. The Balaban J connectivity index is 1.61. The van der Waals surface area contributed by atoms with Gasteiger partial charge in [0, 0.05) is 42.7 Å². The Bertz CT molecular complexity index is 977. The second-order valence-corrected chi connectivity index (χ2v) is 9.79. The van der Waals surface area contributed by atoms with Crippen LogP contribution in [-0.4, -0.2) is 50.3 Å². The zero-order chi connectivity index (χ0) is 23.7. The average molecular weight is 525 g/mol. The van der Waals surface area contributed by atoms with Crippen molar-refractivity contribution in [3.63, 3.8) is 0 Å². The highest BCUT2D eigenvalue weighted by molar-refractivity contribution is 9.10. The average Bonchev–Trinajstić information content (AvgIpc) is 2.81. The molecule has 2 saturated heterocycles. The minimum absolute atomic E-state index is 0.0629. The number of ether oxygens (including phenoxy) is 1. The summed E-state index contributed by atoms with van der Waals surface area (Å²) in [6.45, 7) is 2.22. The third kappa shape index (κ3) is 4.21. The molecular weight excluding hydrogens is 497 g/mol. The Hall–Kier alpha value is -1.90. The molecule has 1 N–H and O–H groups in total. The Morgan fingerprint density at radius 2 is 1.70 bits per heavy atom. The summed E-state index contributed by atoms with van der Waals surface area (Å²) in [4.78, 5) is 14.8. The molecule has 2 aromatic carbocycles. The van der Waals surface area contributed by atoms with Crippen LogP contribution >= 0.6 is 15.9 Å². The molecule has 33 heavy (non-hydrogen) atoms. The third-order valence-corrected chi connectivity index (χ3v) is 8.12. The molecule has 4 nitrogen and oxygen atoms in total. The van der Waals surface area contributed by atoms with E-state index in [-0.39, 0.29) is 30.0 Å². The fourth-order valence-electron chi connectivity index (χ4n) is 5.55. The molecule has 0 radical (unpaired) electrons. The van der Waals surface area contributed by atoms with Gasteiger partial charge in [-0.3, -0.25) is 4.79 Å². The van der Waals surface area contributed by atoms with Crippen LogP contribution in [0.1, 0.15) is 36.3 Å². The van der Waals surface area contributed by atoms with Gasteiger partial charge in [0.25, 0.3) is 11.5 Å². The van der Waals surface area contributed by atoms with Crippen molar-refractivity contribution in [2.75, 3.05) is 33.3 Å².